The Morgan fingerprint density at radius 2 is 1.17 bits per heavy atom. The lowest BCUT2D eigenvalue weighted by Crippen LogP contribution is -2.30. The maximum Gasteiger partial charge on any atom is 0.0706 e. The van der Waals surface area contributed by atoms with Crippen molar-refractivity contribution in [1.29, 1.82) is 0 Å². The summed E-state index contributed by atoms with van der Waals surface area (Å²) in [5.74, 6) is 0. The number of pyridine rings is 1. The Kier molecular flexibility index (Phi) is 4.02. The first-order valence-electron chi connectivity index (χ1n) is 10.1. The van der Waals surface area contributed by atoms with Gasteiger partial charge in [0.05, 0.1) is 28.5 Å². The minimum Gasteiger partial charge on any atom is -0.308 e. The van der Waals surface area contributed by atoms with Crippen molar-refractivity contribution in [3.8, 4) is 11.3 Å². The first kappa shape index (κ1) is 17.7. The van der Waals surface area contributed by atoms with Crippen LogP contribution in [0.3, 0.4) is 0 Å². The number of fused-ring (bicyclic) bond motifs is 2. The molecule has 2 nitrogen and oxygen atoms in total. The first-order chi connectivity index (χ1) is 14.1. The van der Waals surface area contributed by atoms with Gasteiger partial charge in [-0.1, -0.05) is 80.6 Å². The van der Waals surface area contributed by atoms with Crippen molar-refractivity contribution in [1.82, 2.24) is 4.98 Å². The fourth-order valence-corrected chi connectivity index (χ4v) is 4.49. The summed E-state index contributed by atoms with van der Waals surface area (Å²) in [5.41, 5.74) is 9.39. The molecule has 0 bridgehead atoms. The summed E-state index contributed by atoms with van der Waals surface area (Å²) in [7, 11) is 0. The number of benzene rings is 3. The van der Waals surface area contributed by atoms with E-state index >= 15 is 0 Å². The van der Waals surface area contributed by atoms with E-state index in [1.165, 1.54) is 22.5 Å². The van der Waals surface area contributed by atoms with Gasteiger partial charge in [0.1, 0.15) is 0 Å². The number of para-hydroxylation sites is 2. The van der Waals surface area contributed by atoms with E-state index in [1.54, 1.807) is 0 Å². The van der Waals surface area contributed by atoms with Gasteiger partial charge in [0, 0.05) is 11.0 Å². The number of anilines is 3. The predicted molar refractivity (Wildman–Crippen MR) is 121 cm³/mol. The molecule has 0 radical (unpaired) electrons. The molecule has 2 heteroatoms. The highest BCUT2D eigenvalue weighted by Crippen LogP contribution is 2.51. The molecule has 0 saturated heterocycles. The second-order valence-electron chi connectivity index (χ2n) is 8.16. The standard InChI is InChI=1S/C27H24N2/c1-19-24(18-17-23(28-19)20-11-5-4-6-12-20)29-25-15-9-7-13-21(25)27(2,3)22-14-8-10-16-26(22)29/h4-18H,1-3H3. The third-order valence-corrected chi connectivity index (χ3v) is 6.00. The summed E-state index contributed by atoms with van der Waals surface area (Å²) in [4.78, 5) is 7.33. The highest BCUT2D eigenvalue weighted by atomic mass is 15.2. The van der Waals surface area contributed by atoms with Crippen LogP contribution < -0.4 is 4.90 Å². The van der Waals surface area contributed by atoms with E-state index < -0.39 is 0 Å². The molecule has 0 unspecified atom stereocenters. The van der Waals surface area contributed by atoms with Gasteiger partial charge in [0.25, 0.3) is 0 Å². The third-order valence-electron chi connectivity index (χ3n) is 6.00. The summed E-state index contributed by atoms with van der Waals surface area (Å²) in [6.07, 6.45) is 0. The lowest BCUT2D eigenvalue weighted by molar-refractivity contribution is 0.631. The quantitative estimate of drug-likeness (QED) is 0.369. The van der Waals surface area contributed by atoms with Crippen LogP contribution in [-0.4, -0.2) is 4.98 Å². The van der Waals surface area contributed by atoms with Gasteiger partial charge >= 0.3 is 0 Å². The van der Waals surface area contributed by atoms with Crippen LogP contribution in [0, 0.1) is 6.92 Å². The molecule has 3 aromatic carbocycles. The van der Waals surface area contributed by atoms with Crippen molar-refractivity contribution in [2.24, 2.45) is 0 Å². The third kappa shape index (κ3) is 2.75. The number of rotatable bonds is 2. The van der Waals surface area contributed by atoms with Gasteiger partial charge in [-0.3, -0.25) is 4.98 Å². The molecule has 1 aliphatic heterocycles. The van der Waals surface area contributed by atoms with Gasteiger partial charge in [-0.25, -0.2) is 0 Å². The molecule has 0 spiro atoms. The minimum atomic E-state index is -0.0466. The van der Waals surface area contributed by atoms with Crippen LogP contribution in [0.1, 0.15) is 30.7 Å². The summed E-state index contributed by atoms with van der Waals surface area (Å²) in [6.45, 7) is 6.73. The molecule has 4 aromatic rings. The average Bonchev–Trinajstić information content (AvgIpc) is 2.76. The highest BCUT2D eigenvalue weighted by Gasteiger charge is 2.36. The molecule has 0 N–H and O–H groups in total. The van der Waals surface area contributed by atoms with E-state index in [0.29, 0.717) is 0 Å². The fraction of sp³-hybridized carbons (Fsp3) is 0.148. The first-order valence-corrected chi connectivity index (χ1v) is 10.1. The molecule has 0 fully saturated rings. The van der Waals surface area contributed by atoms with Crippen molar-refractivity contribution < 1.29 is 0 Å². The van der Waals surface area contributed by atoms with Crippen LogP contribution in [0.4, 0.5) is 17.1 Å². The Morgan fingerprint density at radius 3 is 1.76 bits per heavy atom. The molecule has 142 valence electrons. The molecule has 1 aromatic heterocycles. The number of hydrogen-bond acceptors (Lipinski definition) is 2. The monoisotopic (exact) mass is 376 g/mol. The van der Waals surface area contributed by atoms with Crippen LogP contribution in [0.25, 0.3) is 11.3 Å². The second kappa shape index (κ2) is 6.59. The molecule has 0 aliphatic carbocycles. The van der Waals surface area contributed by atoms with Crippen molar-refractivity contribution in [3.05, 3.63) is 108 Å². The van der Waals surface area contributed by atoms with Crippen LogP contribution in [0.2, 0.25) is 0 Å². The molecule has 1 aliphatic rings. The molecular formula is C27H24N2. The van der Waals surface area contributed by atoms with E-state index in [1.807, 2.05) is 6.07 Å². The lowest BCUT2D eigenvalue weighted by atomic mass is 9.73. The maximum atomic E-state index is 4.96. The zero-order chi connectivity index (χ0) is 20.0. The smallest absolute Gasteiger partial charge is 0.0706 e. The molecule has 29 heavy (non-hydrogen) atoms. The van der Waals surface area contributed by atoms with Crippen molar-refractivity contribution in [2.45, 2.75) is 26.2 Å². The largest absolute Gasteiger partial charge is 0.308 e. The Labute approximate surface area is 172 Å². The Hall–Kier alpha value is -3.39. The van der Waals surface area contributed by atoms with Crippen LogP contribution in [0.5, 0.6) is 0 Å². The van der Waals surface area contributed by atoms with Gasteiger partial charge in [-0.05, 0) is 42.3 Å². The van der Waals surface area contributed by atoms with Crippen molar-refractivity contribution in [2.75, 3.05) is 4.90 Å². The normalized spacial score (nSPS) is 14.2. The van der Waals surface area contributed by atoms with Crippen molar-refractivity contribution in [3.63, 3.8) is 0 Å². The average molecular weight is 377 g/mol. The molecule has 0 atom stereocenters. The van der Waals surface area contributed by atoms with Crippen LogP contribution >= 0.6 is 0 Å². The Morgan fingerprint density at radius 1 is 0.621 bits per heavy atom. The van der Waals surface area contributed by atoms with Gasteiger partial charge in [0.2, 0.25) is 0 Å². The zero-order valence-electron chi connectivity index (χ0n) is 17.1. The van der Waals surface area contributed by atoms with Gasteiger partial charge in [0.15, 0.2) is 0 Å². The fourth-order valence-electron chi connectivity index (χ4n) is 4.49. The van der Waals surface area contributed by atoms with Gasteiger partial charge in [-0.2, -0.15) is 0 Å². The summed E-state index contributed by atoms with van der Waals surface area (Å²) in [6, 6.07) is 32.1. The number of aryl methyl sites for hydroxylation is 1. The lowest BCUT2D eigenvalue weighted by Gasteiger charge is -2.42. The molecule has 2 heterocycles. The Balaban J connectivity index is 1.71. The number of hydrogen-bond donors (Lipinski definition) is 0. The molecular weight excluding hydrogens is 352 g/mol. The topological polar surface area (TPSA) is 16.1 Å². The number of nitrogens with zero attached hydrogens (tertiary/aromatic N) is 2. The summed E-state index contributed by atoms with van der Waals surface area (Å²) >= 11 is 0. The molecule has 0 amide bonds. The van der Waals surface area contributed by atoms with E-state index in [0.717, 1.165) is 22.6 Å². The maximum absolute atomic E-state index is 4.96. The summed E-state index contributed by atoms with van der Waals surface area (Å²) < 4.78 is 0. The predicted octanol–water partition coefficient (Wildman–Crippen LogP) is 7.17. The van der Waals surface area contributed by atoms with E-state index in [4.69, 9.17) is 4.98 Å². The number of aromatic nitrogens is 1. The Bertz CT molecular complexity index is 1140. The van der Waals surface area contributed by atoms with E-state index in [-0.39, 0.29) is 5.41 Å². The molecule has 5 rings (SSSR count). The zero-order valence-corrected chi connectivity index (χ0v) is 17.1. The minimum absolute atomic E-state index is 0.0466. The van der Waals surface area contributed by atoms with Crippen LogP contribution in [0.15, 0.2) is 91.0 Å². The SMILES string of the molecule is Cc1nc(-c2ccccc2)ccc1N1c2ccccc2C(C)(C)c2ccccc21. The van der Waals surface area contributed by atoms with Crippen molar-refractivity contribution >= 4 is 17.1 Å². The summed E-state index contributed by atoms with van der Waals surface area (Å²) in [5, 5.41) is 0. The van der Waals surface area contributed by atoms with Crippen LogP contribution in [-0.2, 0) is 5.41 Å². The van der Waals surface area contributed by atoms with Gasteiger partial charge in [-0.15, -0.1) is 0 Å². The van der Waals surface area contributed by atoms with E-state index in [2.05, 4.69) is 111 Å². The van der Waals surface area contributed by atoms with E-state index in [9.17, 15) is 0 Å². The highest BCUT2D eigenvalue weighted by molar-refractivity contribution is 5.86. The second-order valence-corrected chi connectivity index (χ2v) is 8.16. The molecule has 0 saturated carbocycles. The van der Waals surface area contributed by atoms with Gasteiger partial charge < -0.3 is 4.90 Å².